The fraction of sp³-hybridized carbons (Fsp3) is 0.211. The van der Waals surface area contributed by atoms with Gasteiger partial charge in [-0.1, -0.05) is 30.7 Å². The van der Waals surface area contributed by atoms with Gasteiger partial charge in [0.25, 0.3) is 5.69 Å². The molecule has 2 aromatic carbocycles. The Morgan fingerprint density at radius 1 is 1.23 bits per heavy atom. The first-order valence-corrected chi connectivity index (χ1v) is 8.31. The van der Waals surface area contributed by atoms with E-state index < -0.39 is 4.92 Å². The van der Waals surface area contributed by atoms with E-state index in [-0.39, 0.29) is 22.1 Å². The number of ketones is 1. The van der Waals surface area contributed by atoms with Gasteiger partial charge in [0.15, 0.2) is 17.3 Å². The Labute approximate surface area is 156 Å². The molecule has 0 aliphatic heterocycles. The summed E-state index contributed by atoms with van der Waals surface area (Å²) >= 11 is 5.76. The molecule has 0 fully saturated rings. The fourth-order valence-electron chi connectivity index (χ4n) is 2.20. The molecule has 0 atom stereocenters. The number of hydrogen-bond donors (Lipinski definition) is 0. The lowest BCUT2D eigenvalue weighted by atomic mass is 10.1. The lowest BCUT2D eigenvalue weighted by Crippen LogP contribution is -1.98. The number of halogens is 1. The van der Waals surface area contributed by atoms with Gasteiger partial charge < -0.3 is 9.47 Å². The summed E-state index contributed by atoms with van der Waals surface area (Å²) in [6.45, 7) is 2.55. The molecule has 0 aromatic heterocycles. The summed E-state index contributed by atoms with van der Waals surface area (Å²) in [4.78, 5) is 22.6. The first kappa shape index (κ1) is 19.5. The highest BCUT2D eigenvalue weighted by atomic mass is 35.5. The third kappa shape index (κ3) is 4.83. The van der Waals surface area contributed by atoms with Gasteiger partial charge >= 0.3 is 0 Å². The number of nitro groups is 1. The van der Waals surface area contributed by atoms with Crippen LogP contribution in [0.4, 0.5) is 5.69 Å². The third-order valence-electron chi connectivity index (χ3n) is 3.50. The minimum absolute atomic E-state index is 0.0107. The molecule has 136 valence electrons. The van der Waals surface area contributed by atoms with Gasteiger partial charge in [-0.05, 0) is 42.3 Å². The summed E-state index contributed by atoms with van der Waals surface area (Å²) in [5.41, 5.74) is 0.632. The molecule has 6 nitrogen and oxygen atoms in total. The Balaban J connectivity index is 2.22. The van der Waals surface area contributed by atoms with Crippen molar-refractivity contribution in [2.45, 2.75) is 13.3 Å². The summed E-state index contributed by atoms with van der Waals surface area (Å²) < 4.78 is 10.9. The van der Waals surface area contributed by atoms with E-state index in [0.29, 0.717) is 18.1 Å². The van der Waals surface area contributed by atoms with E-state index in [1.165, 1.54) is 24.3 Å². The monoisotopic (exact) mass is 375 g/mol. The van der Waals surface area contributed by atoms with E-state index in [0.717, 1.165) is 12.0 Å². The molecule has 0 N–H and O–H groups in total. The van der Waals surface area contributed by atoms with E-state index in [1.54, 1.807) is 31.4 Å². The molecular weight excluding hydrogens is 358 g/mol. The lowest BCUT2D eigenvalue weighted by Gasteiger charge is -2.10. The van der Waals surface area contributed by atoms with Crippen molar-refractivity contribution in [1.29, 1.82) is 0 Å². The zero-order chi connectivity index (χ0) is 19.1. The second-order valence-electron chi connectivity index (χ2n) is 5.38. The van der Waals surface area contributed by atoms with Gasteiger partial charge in [0.05, 0.1) is 18.6 Å². The maximum atomic E-state index is 12.3. The molecule has 26 heavy (non-hydrogen) atoms. The Morgan fingerprint density at radius 2 is 2.00 bits per heavy atom. The van der Waals surface area contributed by atoms with Gasteiger partial charge in [-0.3, -0.25) is 14.9 Å². The van der Waals surface area contributed by atoms with Crippen LogP contribution in [-0.2, 0) is 0 Å². The second kappa shape index (κ2) is 9.01. The third-order valence-corrected chi connectivity index (χ3v) is 3.82. The molecule has 0 heterocycles. The van der Waals surface area contributed by atoms with Crippen LogP contribution in [0.1, 0.15) is 29.3 Å². The number of ether oxygens (including phenoxy) is 2. The van der Waals surface area contributed by atoms with Crippen LogP contribution in [-0.4, -0.2) is 24.4 Å². The summed E-state index contributed by atoms with van der Waals surface area (Å²) in [6.07, 6.45) is 3.82. The number of nitrogens with zero attached hydrogens (tertiary/aromatic N) is 1. The number of carbonyl (C=O) groups excluding carboxylic acids is 1. The van der Waals surface area contributed by atoms with Crippen molar-refractivity contribution in [2.24, 2.45) is 0 Å². The van der Waals surface area contributed by atoms with E-state index in [9.17, 15) is 14.9 Å². The number of hydrogen-bond acceptors (Lipinski definition) is 5. The zero-order valence-electron chi connectivity index (χ0n) is 14.4. The molecule has 0 aliphatic carbocycles. The summed E-state index contributed by atoms with van der Waals surface area (Å²) in [5.74, 6) is 0.831. The number of nitro benzene ring substituents is 1. The molecule has 0 amide bonds. The molecule has 0 aliphatic rings. The van der Waals surface area contributed by atoms with Crippen LogP contribution in [0.2, 0.25) is 5.02 Å². The molecule has 2 aromatic rings. The van der Waals surface area contributed by atoms with E-state index in [1.807, 2.05) is 6.92 Å². The van der Waals surface area contributed by atoms with Gasteiger partial charge in [-0.15, -0.1) is 0 Å². The van der Waals surface area contributed by atoms with E-state index in [2.05, 4.69) is 0 Å². The minimum Gasteiger partial charge on any atom is -0.493 e. The second-order valence-corrected chi connectivity index (χ2v) is 5.79. The predicted molar refractivity (Wildman–Crippen MR) is 100 cm³/mol. The van der Waals surface area contributed by atoms with Crippen LogP contribution in [0.5, 0.6) is 11.5 Å². The maximum absolute atomic E-state index is 12.3. The molecule has 0 saturated heterocycles. The van der Waals surface area contributed by atoms with Gasteiger partial charge in [0, 0.05) is 11.6 Å². The average molecular weight is 376 g/mol. The van der Waals surface area contributed by atoms with Crippen LogP contribution in [0.3, 0.4) is 0 Å². The Morgan fingerprint density at radius 3 is 2.65 bits per heavy atom. The number of allylic oxidation sites excluding steroid dienone is 1. The lowest BCUT2D eigenvalue weighted by molar-refractivity contribution is -0.384. The van der Waals surface area contributed by atoms with Crippen molar-refractivity contribution in [1.82, 2.24) is 0 Å². The van der Waals surface area contributed by atoms with Gasteiger partial charge in [-0.25, -0.2) is 0 Å². The van der Waals surface area contributed by atoms with Crippen molar-refractivity contribution in [3.63, 3.8) is 0 Å². The standard InChI is InChI=1S/C19H18ClNO5/c1-3-10-26-19-11-13(5-9-18(19)25-2)4-8-17(22)14-6-7-15(20)16(12-14)21(23)24/h4-9,11-12H,3,10H2,1-2H3/b8-4+. The molecule has 0 unspecified atom stereocenters. The van der Waals surface area contributed by atoms with E-state index in [4.69, 9.17) is 21.1 Å². The summed E-state index contributed by atoms with van der Waals surface area (Å²) in [5, 5.41) is 10.9. The van der Waals surface area contributed by atoms with Crippen molar-refractivity contribution in [2.75, 3.05) is 13.7 Å². The Bertz CT molecular complexity index is 848. The SMILES string of the molecule is CCCOc1cc(/C=C/C(=O)c2ccc(Cl)c([N+](=O)[O-])c2)ccc1OC. The average Bonchev–Trinajstić information content (AvgIpc) is 2.64. The van der Waals surface area contributed by atoms with Crippen molar-refractivity contribution >= 4 is 29.1 Å². The van der Waals surface area contributed by atoms with Crippen LogP contribution in [0.15, 0.2) is 42.5 Å². The maximum Gasteiger partial charge on any atom is 0.288 e. The highest BCUT2D eigenvalue weighted by molar-refractivity contribution is 6.32. The minimum atomic E-state index is -0.621. The van der Waals surface area contributed by atoms with Crippen molar-refractivity contribution in [3.05, 3.63) is 68.7 Å². The number of rotatable bonds is 8. The van der Waals surface area contributed by atoms with Crippen LogP contribution >= 0.6 is 11.6 Å². The van der Waals surface area contributed by atoms with Crippen molar-refractivity contribution in [3.8, 4) is 11.5 Å². The normalized spacial score (nSPS) is 10.7. The zero-order valence-corrected chi connectivity index (χ0v) is 15.2. The van der Waals surface area contributed by atoms with E-state index >= 15 is 0 Å². The van der Waals surface area contributed by atoms with Crippen molar-refractivity contribution < 1.29 is 19.2 Å². The highest BCUT2D eigenvalue weighted by Gasteiger charge is 2.15. The van der Waals surface area contributed by atoms with Gasteiger partial charge in [0.2, 0.25) is 0 Å². The van der Waals surface area contributed by atoms with Crippen LogP contribution in [0.25, 0.3) is 6.08 Å². The topological polar surface area (TPSA) is 78.7 Å². The number of benzene rings is 2. The van der Waals surface area contributed by atoms with Gasteiger partial charge in [-0.2, -0.15) is 0 Å². The molecule has 2 rings (SSSR count). The predicted octanol–water partition coefficient (Wildman–Crippen LogP) is 4.94. The molecule has 7 heteroatoms. The molecule has 0 saturated carbocycles. The summed E-state index contributed by atoms with van der Waals surface area (Å²) in [6, 6.07) is 9.26. The van der Waals surface area contributed by atoms with Gasteiger partial charge in [0.1, 0.15) is 5.02 Å². The number of methoxy groups -OCH3 is 1. The fourth-order valence-corrected chi connectivity index (χ4v) is 2.38. The molecular formula is C19H18ClNO5. The van der Waals surface area contributed by atoms with Crippen LogP contribution in [0, 0.1) is 10.1 Å². The quantitative estimate of drug-likeness (QED) is 0.282. The molecule has 0 bridgehead atoms. The highest BCUT2D eigenvalue weighted by Crippen LogP contribution is 2.29. The Kier molecular flexibility index (Phi) is 6.74. The summed E-state index contributed by atoms with van der Waals surface area (Å²) in [7, 11) is 1.56. The Hall–Kier alpha value is -2.86. The largest absolute Gasteiger partial charge is 0.493 e. The number of carbonyl (C=O) groups is 1. The van der Waals surface area contributed by atoms with Crippen LogP contribution < -0.4 is 9.47 Å². The molecule has 0 radical (unpaired) electrons. The molecule has 0 spiro atoms. The first-order valence-electron chi connectivity index (χ1n) is 7.93. The first-order chi connectivity index (χ1) is 12.5. The smallest absolute Gasteiger partial charge is 0.288 e.